The van der Waals surface area contributed by atoms with Crippen LogP contribution >= 0.6 is 0 Å². The fourth-order valence-corrected chi connectivity index (χ4v) is 5.78. The molecule has 33 heavy (non-hydrogen) atoms. The summed E-state index contributed by atoms with van der Waals surface area (Å²) in [6.07, 6.45) is 3.90. The summed E-state index contributed by atoms with van der Waals surface area (Å²) in [6, 6.07) is 15.1. The number of amides is 1. The summed E-state index contributed by atoms with van der Waals surface area (Å²) in [5.41, 5.74) is 16.9. The Bertz CT molecular complexity index is 1030. The van der Waals surface area contributed by atoms with Crippen molar-refractivity contribution in [2.45, 2.75) is 43.9 Å². The molecule has 4 aliphatic rings. The van der Waals surface area contributed by atoms with Crippen LogP contribution < -0.4 is 26.7 Å². The van der Waals surface area contributed by atoms with Crippen molar-refractivity contribution < 1.29 is 14.3 Å². The number of ether oxygens (including phenoxy) is 2. The molecular weight excluding hydrogens is 418 g/mol. The first-order valence-corrected chi connectivity index (χ1v) is 11.9. The number of rotatable bonds is 5. The van der Waals surface area contributed by atoms with Gasteiger partial charge in [0.05, 0.1) is 7.11 Å². The van der Waals surface area contributed by atoms with Gasteiger partial charge in [-0.2, -0.15) is 11.1 Å². The Morgan fingerprint density at radius 1 is 1.12 bits per heavy atom. The van der Waals surface area contributed by atoms with Gasteiger partial charge in [0.2, 0.25) is 0 Å². The number of methoxy groups -OCH3 is 1. The molecule has 3 saturated heterocycles. The van der Waals surface area contributed by atoms with E-state index in [0.29, 0.717) is 5.92 Å². The standard InChI is InChI=1S/C25H31N5O3/c1-32-21-9-8-18(23-26-28-29-27-23)13-19(21)16-4-6-17(7-5-16)20-14-25(20)10-11-30(15-25)24(31)22-3-2-12-33-22/h4-9,13,20,22-23,26-29H,2-3,10-12,14-15H2,1H3/t20-,22+,25+/m0/s1. The van der Waals surface area contributed by atoms with Crippen molar-refractivity contribution in [2.75, 3.05) is 26.8 Å². The molecule has 2 aromatic rings. The largest absolute Gasteiger partial charge is 0.496 e. The molecule has 3 atom stereocenters. The molecule has 8 nitrogen and oxygen atoms in total. The Hall–Kier alpha value is -2.49. The summed E-state index contributed by atoms with van der Waals surface area (Å²) in [5, 5.41) is 0. The van der Waals surface area contributed by atoms with Crippen LogP contribution in [0.25, 0.3) is 11.1 Å². The molecule has 8 heteroatoms. The van der Waals surface area contributed by atoms with Gasteiger partial charge in [0.15, 0.2) is 0 Å². The van der Waals surface area contributed by atoms with Crippen molar-refractivity contribution >= 4 is 5.91 Å². The topological polar surface area (TPSA) is 86.9 Å². The highest BCUT2D eigenvalue weighted by Crippen LogP contribution is 2.64. The second-order valence-electron chi connectivity index (χ2n) is 9.68. The minimum atomic E-state index is -0.205. The molecule has 1 spiro atoms. The van der Waals surface area contributed by atoms with Gasteiger partial charge < -0.3 is 14.4 Å². The van der Waals surface area contributed by atoms with Crippen LogP contribution in [0.1, 0.15) is 48.9 Å². The van der Waals surface area contributed by atoms with Gasteiger partial charge in [0.25, 0.3) is 5.91 Å². The molecule has 0 radical (unpaired) electrons. The highest BCUT2D eigenvalue weighted by Gasteiger charge is 2.58. The second-order valence-corrected chi connectivity index (χ2v) is 9.68. The lowest BCUT2D eigenvalue weighted by Gasteiger charge is -2.20. The van der Waals surface area contributed by atoms with Crippen molar-refractivity contribution in [3.63, 3.8) is 0 Å². The smallest absolute Gasteiger partial charge is 0.251 e. The number of benzene rings is 2. The SMILES string of the molecule is COc1ccc(C2NNNN2)cc1-c1ccc([C@@H]2C[C@@]23CCN(C(=O)[C@H]2CCCO2)C3)cc1. The fraction of sp³-hybridized carbons (Fsp3) is 0.480. The van der Waals surface area contributed by atoms with Gasteiger partial charge in [-0.25, -0.2) is 10.9 Å². The molecule has 174 valence electrons. The Morgan fingerprint density at radius 3 is 2.64 bits per heavy atom. The number of likely N-dealkylation sites (tertiary alicyclic amines) is 1. The number of carbonyl (C=O) groups is 1. The molecule has 4 N–H and O–H groups in total. The van der Waals surface area contributed by atoms with Gasteiger partial charge in [-0.05, 0) is 65.8 Å². The normalized spacial score (nSPS) is 29.2. The van der Waals surface area contributed by atoms with Crippen LogP contribution in [0.3, 0.4) is 0 Å². The van der Waals surface area contributed by atoms with Crippen LogP contribution in [0.15, 0.2) is 42.5 Å². The summed E-state index contributed by atoms with van der Waals surface area (Å²) in [5.74, 6) is 1.59. The van der Waals surface area contributed by atoms with Gasteiger partial charge in [-0.1, -0.05) is 30.3 Å². The van der Waals surface area contributed by atoms with Gasteiger partial charge >= 0.3 is 0 Å². The van der Waals surface area contributed by atoms with E-state index in [-0.39, 0.29) is 23.6 Å². The minimum Gasteiger partial charge on any atom is -0.496 e. The first kappa shape index (κ1) is 21.1. The van der Waals surface area contributed by atoms with E-state index in [4.69, 9.17) is 9.47 Å². The lowest BCUT2D eigenvalue weighted by molar-refractivity contribution is -0.140. The summed E-state index contributed by atoms with van der Waals surface area (Å²) >= 11 is 0. The number of nitrogens with zero attached hydrogens (tertiary/aromatic N) is 1. The third-order valence-corrected chi connectivity index (χ3v) is 7.77. The minimum absolute atomic E-state index is 0.0251. The van der Waals surface area contributed by atoms with Crippen molar-refractivity contribution in [3.05, 3.63) is 53.6 Å². The average molecular weight is 450 g/mol. The summed E-state index contributed by atoms with van der Waals surface area (Å²) in [6.45, 7) is 2.46. The zero-order valence-electron chi connectivity index (χ0n) is 18.9. The lowest BCUT2D eigenvalue weighted by Crippen LogP contribution is -2.37. The van der Waals surface area contributed by atoms with E-state index >= 15 is 0 Å². The predicted molar refractivity (Wildman–Crippen MR) is 124 cm³/mol. The summed E-state index contributed by atoms with van der Waals surface area (Å²) in [7, 11) is 1.71. The number of hydrogen-bond acceptors (Lipinski definition) is 7. The van der Waals surface area contributed by atoms with Gasteiger partial charge in [0, 0.05) is 25.3 Å². The van der Waals surface area contributed by atoms with Crippen molar-refractivity contribution in [3.8, 4) is 16.9 Å². The number of nitrogens with one attached hydrogen (secondary N) is 4. The van der Waals surface area contributed by atoms with Gasteiger partial charge in [-0.15, -0.1) is 0 Å². The zero-order valence-corrected chi connectivity index (χ0v) is 18.9. The molecule has 2 aromatic carbocycles. The molecular formula is C25H31N5O3. The van der Waals surface area contributed by atoms with E-state index in [1.165, 1.54) is 12.0 Å². The number of hydrogen-bond donors (Lipinski definition) is 4. The van der Waals surface area contributed by atoms with Crippen LogP contribution in [0.5, 0.6) is 5.75 Å². The van der Waals surface area contributed by atoms with E-state index in [2.05, 4.69) is 57.2 Å². The van der Waals surface area contributed by atoms with E-state index in [1.807, 2.05) is 12.1 Å². The predicted octanol–water partition coefficient (Wildman–Crippen LogP) is 2.36. The van der Waals surface area contributed by atoms with Crippen LogP contribution in [0, 0.1) is 5.41 Å². The van der Waals surface area contributed by atoms with Crippen molar-refractivity contribution in [1.82, 2.24) is 26.8 Å². The molecule has 6 rings (SSSR count). The van der Waals surface area contributed by atoms with Crippen LogP contribution in [-0.2, 0) is 9.53 Å². The average Bonchev–Trinajstić information content (AvgIpc) is 3.38. The van der Waals surface area contributed by atoms with Crippen molar-refractivity contribution in [1.29, 1.82) is 0 Å². The first-order chi connectivity index (χ1) is 16.2. The highest BCUT2D eigenvalue weighted by molar-refractivity contribution is 5.81. The number of carbonyl (C=O) groups excluding carboxylic acids is 1. The molecule has 4 fully saturated rings. The quantitative estimate of drug-likeness (QED) is 0.558. The Kier molecular flexibility index (Phi) is 5.35. The molecule has 0 bridgehead atoms. The van der Waals surface area contributed by atoms with Crippen LogP contribution in [0.4, 0.5) is 0 Å². The molecule has 0 aromatic heterocycles. The Morgan fingerprint density at radius 2 is 1.91 bits per heavy atom. The molecule has 1 amide bonds. The molecule has 3 aliphatic heterocycles. The third kappa shape index (κ3) is 3.82. The third-order valence-electron chi connectivity index (χ3n) is 7.77. The van der Waals surface area contributed by atoms with Gasteiger partial charge in [0.1, 0.15) is 18.0 Å². The van der Waals surface area contributed by atoms with Gasteiger partial charge in [-0.3, -0.25) is 4.79 Å². The van der Waals surface area contributed by atoms with Crippen LogP contribution in [-0.4, -0.2) is 43.7 Å². The zero-order chi connectivity index (χ0) is 22.4. The first-order valence-electron chi connectivity index (χ1n) is 11.9. The molecule has 3 heterocycles. The fourth-order valence-electron chi connectivity index (χ4n) is 5.78. The highest BCUT2D eigenvalue weighted by atomic mass is 16.5. The maximum absolute atomic E-state index is 12.8. The van der Waals surface area contributed by atoms with E-state index in [1.54, 1.807) is 7.11 Å². The molecule has 1 aliphatic carbocycles. The second kappa shape index (κ2) is 8.38. The molecule has 0 unspecified atom stereocenters. The van der Waals surface area contributed by atoms with Crippen LogP contribution in [0.2, 0.25) is 0 Å². The van der Waals surface area contributed by atoms with Crippen molar-refractivity contribution in [2.24, 2.45) is 5.41 Å². The maximum atomic E-state index is 12.8. The Labute approximate surface area is 193 Å². The lowest BCUT2D eigenvalue weighted by atomic mass is 9.95. The maximum Gasteiger partial charge on any atom is 0.251 e. The van der Waals surface area contributed by atoms with E-state index in [9.17, 15) is 4.79 Å². The number of hydrazine groups is 3. The molecule has 1 saturated carbocycles. The van der Waals surface area contributed by atoms with E-state index in [0.717, 1.165) is 61.4 Å². The summed E-state index contributed by atoms with van der Waals surface area (Å²) < 4.78 is 11.3. The Balaban J connectivity index is 1.17. The van der Waals surface area contributed by atoms with E-state index < -0.39 is 0 Å². The summed E-state index contributed by atoms with van der Waals surface area (Å²) in [4.78, 5) is 14.8. The monoisotopic (exact) mass is 449 g/mol.